The quantitative estimate of drug-likeness (QED) is 0.357. The van der Waals surface area contributed by atoms with Crippen LogP contribution in [0.4, 0.5) is 14.5 Å². The molecule has 5 nitrogen and oxygen atoms in total. The van der Waals surface area contributed by atoms with E-state index in [-0.39, 0.29) is 29.3 Å². The van der Waals surface area contributed by atoms with E-state index in [1.807, 2.05) is 45.0 Å². The van der Waals surface area contributed by atoms with Crippen molar-refractivity contribution in [2.75, 3.05) is 32.1 Å². The molecular weight excluding hydrogens is 521 g/mol. The summed E-state index contributed by atoms with van der Waals surface area (Å²) in [6.07, 6.45) is 4.76. The molecule has 0 spiro atoms. The highest BCUT2D eigenvalue weighted by atomic mass is 35.5. The van der Waals surface area contributed by atoms with E-state index in [1.54, 1.807) is 36.1 Å². The van der Waals surface area contributed by atoms with Gasteiger partial charge in [-0.1, -0.05) is 42.3 Å². The number of halogens is 4. The average molecular weight is 553 g/mol. The van der Waals surface area contributed by atoms with Crippen LogP contribution in [-0.4, -0.2) is 50.4 Å². The van der Waals surface area contributed by atoms with Crippen molar-refractivity contribution in [3.63, 3.8) is 0 Å². The Labute approximate surface area is 227 Å². The van der Waals surface area contributed by atoms with Crippen molar-refractivity contribution in [2.24, 2.45) is 11.8 Å². The van der Waals surface area contributed by atoms with Gasteiger partial charge < -0.3 is 14.5 Å². The first kappa shape index (κ1) is 28.9. The monoisotopic (exact) mass is 552 g/mol. The summed E-state index contributed by atoms with van der Waals surface area (Å²) in [5.41, 5.74) is 3.33. The fourth-order valence-electron chi connectivity index (χ4n) is 4.85. The van der Waals surface area contributed by atoms with Gasteiger partial charge in [-0.25, -0.2) is 0 Å². The summed E-state index contributed by atoms with van der Waals surface area (Å²) in [6, 6.07) is 6.43. The number of anilines is 1. The molecule has 1 aliphatic heterocycles. The second-order valence-corrected chi connectivity index (χ2v) is 10.5. The third-order valence-electron chi connectivity index (χ3n) is 6.78. The Kier molecular flexibility index (Phi) is 9.59. The highest BCUT2D eigenvalue weighted by Gasteiger charge is 2.32. The Balaban J connectivity index is 1.83. The number of allylic oxidation sites excluding steroid dienone is 1. The Morgan fingerprint density at radius 1 is 1.24 bits per heavy atom. The molecule has 1 aliphatic rings. The number of likely N-dealkylation sites (tertiary alicyclic amines) is 1. The van der Waals surface area contributed by atoms with Crippen LogP contribution >= 0.6 is 23.2 Å². The number of rotatable bonds is 8. The Hall–Kier alpha value is -2.64. The number of benzene rings is 2. The standard InChI is InChI=1S/C28H32Cl2F2N2O3/c1-16-13-19(37-28(31)32)14-25(33(4)5)21(16)7-6-8-22-24(29)10-9-23(26(22)30)27(36)34-12-11-20(18(3)35)17(2)15-34/h6-7,9-10,13-14,17,20,28H,8,11-12,15H2,1-5H3/b7-6+. The van der Waals surface area contributed by atoms with Gasteiger partial charge in [0, 0.05) is 55.4 Å². The lowest BCUT2D eigenvalue weighted by Gasteiger charge is -2.36. The number of carbonyl (C=O) groups is 2. The molecule has 1 heterocycles. The van der Waals surface area contributed by atoms with E-state index in [4.69, 9.17) is 23.2 Å². The zero-order valence-electron chi connectivity index (χ0n) is 21.7. The highest BCUT2D eigenvalue weighted by Crippen LogP contribution is 2.34. The predicted molar refractivity (Wildman–Crippen MR) is 145 cm³/mol. The minimum Gasteiger partial charge on any atom is -0.435 e. The number of hydrogen-bond acceptors (Lipinski definition) is 4. The van der Waals surface area contributed by atoms with Crippen LogP contribution in [0.2, 0.25) is 10.0 Å². The van der Waals surface area contributed by atoms with Gasteiger partial charge >= 0.3 is 6.61 Å². The van der Waals surface area contributed by atoms with Gasteiger partial charge in [-0.2, -0.15) is 8.78 Å². The molecular formula is C28H32Cl2F2N2O3. The molecule has 2 aromatic rings. The minimum absolute atomic E-state index is 0.0306. The van der Waals surface area contributed by atoms with Crippen molar-refractivity contribution in [3.05, 3.63) is 62.6 Å². The molecule has 9 heteroatoms. The van der Waals surface area contributed by atoms with Gasteiger partial charge in [-0.05, 0) is 61.9 Å². The first-order valence-corrected chi connectivity index (χ1v) is 12.9. The predicted octanol–water partition coefficient (Wildman–Crippen LogP) is 6.91. The Morgan fingerprint density at radius 3 is 2.54 bits per heavy atom. The summed E-state index contributed by atoms with van der Waals surface area (Å²) >= 11 is 13.1. The maximum Gasteiger partial charge on any atom is 0.387 e. The fraction of sp³-hybridized carbons (Fsp3) is 0.429. The summed E-state index contributed by atoms with van der Waals surface area (Å²) in [4.78, 5) is 28.7. The van der Waals surface area contributed by atoms with E-state index in [0.717, 1.165) is 16.8 Å². The summed E-state index contributed by atoms with van der Waals surface area (Å²) < 4.78 is 30.0. The van der Waals surface area contributed by atoms with Crippen LogP contribution in [0.5, 0.6) is 5.75 Å². The summed E-state index contributed by atoms with van der Waals surface area (Å²) in [7, 11) is 3.64. The van der Waals surface area contributed by atoms with Crippen LogP contribution in [0, 0.1) is 18.8 Å². The lowest BCUT2D eigenvalue weighted by molar-refractivity contribution is -0.123. The number of amides is 1. The maximum atomic E-state index is 13.3. The average Bonchev–Trinajstić information content (AvgIpc) is 2.80. The van der Waals surface area contributed by atoms with Crippen LogP contribution in [0.1, 0.15) is 47.3 Å². The number of Topliss-reactive ketones (excluding diaryl/α,β-unsaturated/α-hetero) is 1. The zero-order valence-corrected chi connectivity index (χ0v) is 23.2. The van der Waals surface area contributed by atoms with Crippen molar-refractivity contribution in [1.82, 2.24) is 4.90 Å². The molecule has 1 amide bonds. The van der Waals surface area contributed by atoms with Crippen molar-refractivity contribution >= 4 is 46.7 Å². The number of piperidine rings is 1. The Bertz CT molecular complexity index is 1200. The molecule has 3 rings (SSSR count). The van der Waals surface area contributed by atoms with Crippen LogP contribution in [0.15, 0.2) is 30.3 Å². The van der Waals surface area contributed by atoms with E-state index in [1.165, 1.54) is 0 Å². The fourth-order valence-corrected chi connectivity index (χ4v) is 5.46. The third kappa shape index (κ3) is 6.82. The van der Waals surface area contributed by atoms with Gasteiger partial charge in [0.2, 0.25) is 0 Å². The van der Waals surface area contributed by atoms with E-state index < -0.39 is 6.61 Å². The first-order chi connectivity index (χ1) is 17.4. The second kappa shape index (κ2) is 12.3. The van der Waals surface area contributed by atoms with Gasteiger partial charge in [-0.15, -0.1) is 0 Å². The lowest BCUT2D eigenvalue weighted by Crippen LogP contribution is -2.44. The summed E-state index contributed by atoms with van der Waals surface area (Å²) in [5.74, 6) is 0.114. The normalized spacial score (nSPS) is 17.9. The number of carbonyl (C=O) groups excluding carboxylic acids is 2. The molecule has 0 saturated carbocycles. The highest BCUT2D eigenvalue weighted by molar-refractivity contribution is 6.38. The number of ether oxygens (including phenoxy) is 1. The maximum absolute atomic E-state index is 13.3. The molecule has 0 aliphatic carbocycles. The van der Waals surface area contributed by atoms with E-state index >= 15 is 0 Å². The molecule has 2 unspecified atom stereocenters. The third-order valence-corrected chi connectivity index (χ3v) is 7.57. The molecule has 1 fully saturated rings. The van der Waals surface area contributed by atoms with Crippen LogP contribution in [-0.2, 0) is 11.2 Å². The molecule has 37 heavy (non-hydrogen) atoms. The summed E-state index contributed by atoms with van der Waals surface area (Å²) in [6.45, 7) is 3.50. The number of hydrogen-bond donors (Lipinski definition) is 0. The molecule has 0 radical (unpaired) electrons. The van der Waals surface area contributed by atoms with Gasteiger partial charge in [0.15, 0.2) is 0 Å². The van der Waals surface area contributed by atoms with Crippen molar-refractivity contribution in [1.29, 1.82) is 0 Å². The van der Waals surface area contributed by atoms with Gasteiger partial charge in [0.1, 0.15) is 11.5 Å². The van der Waals surface area contributed by atoms with Crippen LogP contribution in [0.25, 0.3) is 6.08 Å². The molecule has 2 atom stereocenters. The van der Waals surface area contributed by atoms with E-state index in [2.05, 4.69) is 4.74 Å². The SMILES string of the molecule is CC(=O)C1CCN(C(=O)c2ccc(Cl)c(C/C=C/c3c(C)cc(OC(F)F)cc3N(C)C)c2Cl)CC1C. The molecule has 1 saturated heterocycles. The largest absolute Gasteiger partial charge is 0.435 e. The van der Waals surface area contributed by atoms with Crippen molar-refractivity contribution in [2.45, 2.75) is 40.2 Å². The molecule has 2 aromatic carbocycles. The molecule has 0 bridgehead atoms. The van der Waals surface area contributed by atoms with Gasteiger partial charge in [0.25, 0.3) is 5.91 Å². The first-order valence-electron chi connectivity index (χ1n) is 12.1. The number of alkyl halides is 2. The number of nitrogens with zero attached hydrogens (tertiary/aromatic N) is 2. The lowest BCUT2D eigenvalue weighted by atomic mass is 9.84. The minimum atomic E-state index is -2.90. The smallest absolute Gasteiger partial charge is 0.387 e. The number of ketones is 1. The zero-order chi connectivity index (χ0) is 27.4. The van der Waals surface area contributed by atoms with Crippen molar-refractivity contribution in [3.8, 4) is 5.75 Å². The second-order valence-electron chi connectivity index (χ2n) is 9.67. The molecule has 200 valence electrons. The van der Waals surface area contributed by atoms with Crippen molar-refractivity contribution < 1.29 is 23.1 Å². The Morgan fingerprint density at radius 2 is 1.95 bits per heavy atom. The topological polar surface area (TPSA) is 49.9 Å². The van der Waals surface area contributed by atoms with Gasteiger partial charge in [-0.3, -0.25) is 9.59 Å². The van der Waals surface area contributed by atoms with Gasteiger partial charge in [0.05, 0.1) is 10.6 Å². The van der Waals surface area contributed by atoms with E-state index in [0.29, 0.717) is 47.1 Å². The molecule has 0 aromatic heterocycles. The number of aryl methyl sites for hydroxylation is 1. The molecule has 0 N–H and O–H groups in total. The van der Waals surface area contributed by atoms with Crippen LogP contribution < -0.4 is 9.64 Å². The van der Waals surface area contributed by atoms with E-state index in [9.17, 15) is 18.4 Å². The summed E-state index contributed by atoms with van der Waals surface area (Å²) in [5, 5.41) is 0.744. The van der Waals surface area contributed by atoms with Crippen LogP contribution in [0.3, 0.4) is 0 Å².